The Morgan fingerprint density at radius 2 is 2.11 bits per heavy atom. The summed E-state index contributed by atoms with van der Waals surface area (Å²) >= 11 is 10.7. The minimum atomic E-state index is 0.671. The predicted molar refractivity (Wildman–Crippen MR) is 41.8 cm³/mol. The molecule has 1 rings (SSSR count). The van der Waals surface area contributed by atoms with E-state index in [-0.39, 0.29) is 0 Å². The maximum Gasteiger partial charge on any atom is 0.0217 e. The van der Waals surface area contributed by atoms with Crippen LogP contribution in [0.5, 0.6) is 0 Å². The van der Waals surface area contributed by atoms with Crippen LogP contribution in [0.4, 0.5) is 0 Å². The van der Waals surface area contributed by atoms with Crippen molar-refractivity contribution < 1.29 is 0 Å². The van der Waals surface area contributed by atoms with E-state index in [0.29, 0.717) is 5.02 Å². The summed E-state index contributed by atoms with van der Waals surface area (Å²) in [5, 5.41) is 0.671. The third-order valence-corrected chi connectivity index (χ3v) is 2.13. The van der Waals surface area contributed by atoms with Crippen molar-refractivity contribution in [2.75, 3.05) is 0 Å². The van der Waals surface area contributed by atoms with E-state index in [9.17, 15) is 0 Å². The van der Waals surface area contributed by atoms with Crippen LogP contribution in [0.15, 0.2) is 23.1 Å². The van der Waals surface area contributed by atoms with Crippen molar-refractivity contribution in [3.8, 4) is 0 Å². The molecule has 1 aromatic carbocycles. The van der Waals surface area contributed by atoms with Crippen LogP contribution in [-0.4, -0.2) is 0 Å². The molecule has 0 saturated carbocycles. The van der Waals surface area contributed by atoms with Crippen molar-refractivity contribution in [2.24, 2.45) is 0 Å². The van der Waals surface area contributed by atoms with Crippen LogP contribution in [0.2, 0.25) is 5.02 Å². The Morgan fingerprint density at radius 3 is 2.56 bits per heavy atom. The number of hydrogen-bond acceptors (Lipinski definition) is 1. The van der Waals surface area contributed by atoms with Gasteiger partial charge in [-0.25, -0.2) is 0 Å². The first-order valence-electron chi connectivity index (χ1n) is 2.64. The second-order valence-corrected chi connectivity index (χ2v) is 2.70. The molecule has 0 aliphatic carbocycles. The molecule has 0 spiro atoms. The fourth-order valence-corrected chi connectivity index (χ4v) is 0.975. The molecule has 0 aromatic heterocycles. The predicted octanol–water partition coefficient (Wildman–Crippen LogP) is 2.55. The van der Waals surface area contributed by atoms with Crippen molar-refractivity contribution in [1.29, 1.82) is 0 Å². The van der Waals surface area contributed by atoms with Crippen molar-refractivity contribution in [3.05, 3.63) is 28.8 Å². The molecule has 0 bridgehead atoms. The van der Waals surface area contributed by atoms with Crippen LogP contribution in [0.3, 0.4) is 0 Å². The second kappa shape index (κ2) is 2.54. The highest BCUT2D eigenvalue weighted by Gasteiger charge is 1.87. The van der Waals surface area contributed by atoms with E-state index in [1.165, 1.54) is 0 Å². The van der Waals surface area contributed by atoms with Crippen LogP contribution in [0.25, 0.3) is 0 Å². The topological polar surface area (TPSA) is 0 Å². The molecule has 0 atom stereocenters. The number of halogens is 1. The highest BCUT2D eigenvalue weighted by molar-refractivity contribution is 7.59. The number of rotatable bonds is 0. The number of benzene rings is 1. The van der Waals surface area contributed by atoms with E-state index >= 15 is 0 Å². The lowest BCUT2D eigenvalue weighted by molar-refractivity contribution is 1.31. The molecule has 48 valence electrons. The fourth-order valence-electron chi connectivity index (χ4n) is 0.617. The Labute approximate surface area is 65.3 Å². The summed E-state index contributed by atoms with van der Waals surface area (Å²) in [5.41, 5.74) is 1.07. The molecule has 2 heteroatoms. The maximum atomic E-state index is 5.71. The Balaban J connectivity index is 3.25. The van der Waals surface area contributed by atoms with Crippen molar-refractivity contribution in [3.63, 3.8) is 0 Å². The van der Waals surface area contributed by atoms with Gasteiger partial charge in [0, 0.05) is 5.02 Å². The number of aryl methyl sites for hydroxylation is 1. The van der Waals surface area contributed by atoms with E-state index in [1.54, 1.807) is 6.07 Å². The summed E-state index contributed by atoms with van der Waals surface area (Å²) < 4.78 is 0. The average molecular weight is 158 g/mol. The molecule has 0 aliphatic heterocycles. The minimum Gasteiger partial charge on any atom is -0.778 e. The molecule has 9 heavy (non-hydrogen) atoms. The minimum absolute atomic E-state index is 0.671. The monoisotopic (exact) mass is 157 g/mol. The zero-order valence-corrected chi connectivity index (χ0v) is 6.59. The molecule has 0 aliphatic rings. The van der Waals surface area contributed by atoms with Crippen LogP contribution in [0.1, 0.15) is 5.56 Å². The summed E-state index contributed by atoms with van der Waals surface area (Å²) in [6.07, 6.45) is 0. The molecule has 0 unspecified atom stereocenters. The summed E-state index contributed by atoms with van der Waals surface area (Å²) in [5.74, 6) is 0. The lowest BCUT2D eigenvalue weighted by atomic mass is 10.2. The first kappa shape index (κ1) is 6.84. The Hall–Kier alpha value is -0.270. The van der Waals surface area contributed by atoms with E-state index in [1.807, 2.05) is 19.1 Å². The first-order chi connectivity index (χ1) is 4.22. The molecule has 0 heterocycles. The lowest BCUT2D eigenvalue weighted by Crippen LogP contribution is -1.78. The Morgan fingerprint density at radius 1 is 1.44 bits per heavy atom. The average Bonchev–Trinajstić information content (AvgIpc) is 1.83. The van der Waals surface area contributed by atoms with Crippen LogP contribution >= 0.6 is 11.6 Å². The van der Waals surface area contributed by atoms with E-state index in [2.05, 4.69) is 0 Å². The highest BCUT2D eigenvalue weighted by Crippen LogP contribution is 2.17. The standard InChI is InChI=1S/C7H7ClS/c1-5-3-2-4-6(8)7(5)9/h2-4,9H,1H3/p-1. The van der Waals surface area contributed by atoms with Gasteiger partial charge in [0.2, 0.25) is 0 Å². The third kappa shape index (κ3) is 1.35. The fraction of sp³-hybridized carbons (Fsp3) is 0.143. The summed E-state index contributed by atoms with van der Waals surface area (Å²) in [7, 11) is 0. The molecule has 1 aromatic rings. The van der Waals surface area contributed by atoms with E-state index < -0.39 is 0 Å². The van der Waals surface area contributed by atoms with E-state index in [4.69, 9.17) is 24.2 Å². The summed E-state index contributed by atoms with van der Waals surface area (Å²) in [6.45, 7) is 1.95. The van der Waals surface area contributed by atoms with Gasteiger partial charge >= 0.3 is 0 Å². The quantitative estimate of drug-likeness (QED) is 0.522. The van der Waals surface area contributed by atoms with Gasteiger partial charge in [-0.05, 0) is 13.0 Å². The molecular weight excluding hydrogens is 152 g/mol. The van der Waals surface area contributed by atoms with Gasteiger partial charge < -0.3 is 12.6 Å². The molecule has 0 radical (unpaired) electrons. The largest absolute Gasteiger partial charge is 0.778 e. The summed E-state index contributed by atoms with van der Waals surface area (Å²) in [4.78, 5) is 0.763. The zero-order valence-electron chi connectivity index (χ0n) is 5.02. The van der Waals surface area contributed by atoms with Crippen molar-refractivity contribution in [1.82, 2.24) is 0 Å². The molecular formula is C7H6ClS-. The van der Waals surface area contributed by atoms with Gasteiger partial charge in [0.05, 0.1) is 0 Å². The van der Waals surface area contributed by atoms with Gasteiger partial charge in [-0.15, -0.1) is 0 Å². The van der Waals surface area contributed by atoms with Gasteiger partial charge in [0.15, 0.2) is 0 Å². The Bertz CT molecular complexity index is 200. The first-order valence-corrected chi connectivity index (χ1v) is 3.42. The second-order valence-electron chi connectivity index (χ2n) is 1.89. The van der Waals surface area contributed by atoms with E-state index in [0.717, 1.165) is 10.5 Å². The van der Waals surface area contributed by atoms with Gasteiger partial charge in [0.25, 0.3) is 0 Å². The van der Waals surface area contributed by atoms with Gasteiger partial charge in [-0.2, -0.15) is 4.90 Å². The van der Waals surface area contributed by atoms with Crippen LogP contribution < -0.4 is 0 Å². The molecule has 0 fully saturated rings. The van der Waals surface area contributed by atoms with Gasteiger partial charge in [-0.1, -0.05) is 29.3 Å². The smallest absolute Gasteiger partial charge is 0.0217 e. The molecule has 0 N–H and O–H groups in total. The van der Waals surface area contributed by atoms with Crippen molar-refractivity contribution in [2.45, 2.75) is 11.8 Å². The normalized spacial score (nSPS) is 9.56. The maximum absolute atomic E-state index is 5.71. The van der Waals surface area contributed by atoms with Crippen molar-refractivity contribution >= 4 is 24.2 Å². The Kier molecular flexibility index (Phi) is 1.94. The molecule has 0 amide bonds. The summed E-state index contributed by atoms with van der Waals surface area (Å²) in [6, 6.07) is 5.65. The molecule has 0 nitrogen and oxygen atoms in total. The van der Waals surface area contributed by atoms with Crippen LogP contribution in [-0.2, 0) is 12.6 Å². The lowest BCUT2D eigenvalue weighted by Gasteiger charge is -2.10. The highest BCUT2D eigenvalue weighted by atomic mass is 35.5. The van der Waals surface area contributed by atoms with Gasteiger partial charge in [0.1, 0.15) is 0 Å². The van der Waals surface area contributed by atoms with Gasteiger partial charge in [-0.3, -0.25) is 0 Å². The molecule has 0 saturated heterocycles. The van der Waals surface area contributed by atoms with Crippen LogP contribution in [0, 0.1) is 6.92 Å². The SMILES string of the molecule is Cc1cccc(Cl)c1[S-]. The number of hydrogen-bond donors (Lipinski definition) is 0. The zero-order chi connectivity index (χ0) is 6.85. The third-order valence-electron chi connectivity index (χ3n) is 1.16.